The summed E-state index contributed by atoms with van der Waals surface area (Å²) in [5.41, 5.74) is -0.328. The standard InChI is InChI=1S/C12H11ClO2/c1-4-12(2,3)15-11-7-10(13)6-5-9(11)8-14/h1,5-8H,2-3H3. The number of halogens is 1. The highest BCUT2D eigenvalue weighted by atomic mass is 35.5. The Balaban J connectivity index is 3.09. The summed E-state index contributed by atoms with van der Waals surface area (Å²) in [4.78, 5) is 10.7. The van der Waals surface area contributed by atoms with Crippen molar-refractivity contribution in [3.05, 3.63) is 28.8 Å². The molecule has 0 fully saturated rings. The predicted molar refractivity (Wildman–Crippen MR) is 60.4 cm³/mol. The maximum atomic E-state index is 10.7. The van der Waals surface area contributed by atoms with Gasteiger partial charge in [0.2, 0.25) is 0 Å². The Hall–Kier alpha value is -1.46. The van der Waals surface area contributed by atoms with Crippen molar-refractivity contribution in [1.29, 1.82) is 0 Å². The summed E-state index contributed by atoms with van der Waals surface area (Å²) >= 11 is 5.80. The van der Waals surface area contributed by atoms with Gasteiger partial charge < -0.3 is 4.74 Å². The number of carbonyl (C=O) groups excluding carboxylic acids is 1. The molecule has 0 saturated carbocycles. The molecule has 15 heavy (non-hydrogen) atoms. The zero-order valence-electron chi connectivity index (χ0n) is 8.58. The van der Waals surface area contributed by atoms with E-state index in [2.05, 4.69) is 5.92 Å². The molecular formula is C12H11ClO2. The maximum Gasteiger partial charge on any atom is 0.163 e. The molecule has 0 bridgehead atoms. The number of aldehydes is 1. The van der Waals surface area contributed by atoms with E-state index in [1.807, 2.05) is 0 Å². The molecule has 0 saturated heterocycles. The molecule has 0 atom stereocenters. The van der Waals surface area contributed by atoms with Crippen molar-refractivity contribution in [2.75, 3.05) is 0 Å². The van der Waals surface area contributed by atoms with Crippen LogP contribution >= 0.6 is 11.6 Å². The van der Waals surface area contributed by atoms with E-state index in [0.29, 0.717) is 22.6 Å². The van der Waals surface area contributed by atoms with Gasteiger partial charge >= 0.3 is 0 Å². The molecule has 0 amide bonds. The largest absolute Gasteiger partial charge is 0.474 e. The van der Waals surface area contributed by atoms with Gasteiger partial charge in [0.1, 0.15) is 5.75 Å². The Kier molecular flexibility index (Phi) is 3.39. The lowest BCUT2D eigenvalue weighted by Gasteiger charge is -2.21. The fraction of sp³-hybridized carbons (Fsp3) is 0.250. The highest BCUT2D eigenvalue weighted by molar-refractivity contribution is 6.30. The summed E-state index contributed by atoms with van der Waals surface area (Å²) in [5.74, 6) is 2.88. The Morgan fingerprint density at radius 2 is 2.20 bits per heavy atom. The van der Waals surface area contributed by atoms with Crippen LogP contribution in [0.2, 0.25) is 5.02 Å². The van der Waals surface area contributed by atoms with Crippen LogP contribution in [0.3, 0.4) is 0 Å². The van der Waals surface area contributed by atoms with Crippen molar-refractivity contribution < 1.29 is 9.53 Å². The lowest BCUT2D eigenvalue weighted by atomic mass is 10.1. The first kappa shape index (κ1) is 11.6. The molecule has 78 valence electrons. The van der Waals surface area contributed by atoms with E-state index in [1.165, 1.54) is 0 Å². The number of ether oxygens (including phenoxy) is 1. The molecule has 0 heterocycles. The number of carbonyl (C=O) groups is 1. The fourth-order valence-electron chi connectivity index (χ4n) is 0.998. The van der Waals surface area contributed by atoms with Gasteiger partial charge in [-0.3, -0.25) is 4.79 Å². The molecule has 0 unspecified atom stereocenters. The van der Waals surface area contributed by atoms with Crippen molar-refractivity contribution >= 4 is 17.9 Å². The van der Waals surface area contributed by atoms with Crippen molar-refractivity contribution in [2.45, 2.75) is 19.4 Å². The van der Waals surface area contributed by atoms with E-state index in [9.17, 15) is 4.79 Å². The van der Waals surface area contributed by atoms with Crippen molar-refractivity contribution in [3.8, 4) is 18.1 Å². The fourth-order valence-corrected chi connectivity index (χ4v) is 1.16. The van der Waals surface area contributed by atoms with Gasteiger partial charge in [0.25, 0.3) is 0 Å². The van der Waals surface area contributed by atoms with E-state index < -0.39 is 5.60 Å². The van der Waals surface area contributed by atoms with Crippen LogP contribution in [0.1, 0.15) is 24.2 Å². The van der Waals surface area contributed by atoms with Crippen LogP contribution in [0, 0.1) is 12.3 Å². The van der Waals surface area contributed by atoms with Gasteiger partial charge in [-0.1, -0.05) is 17.5 Å². The summed E-state index contributed by atoms with van der Waals surface area (Å²) in [6, 6.07) is 4.79. The normalized spacial score (nSPS) is 10.5. The van der Waals surface area contributed by atoms with Crippen molar-refractivity contribution in [1.82, 2.24) is 0 Å². The highest BCUT2D eigenvalue weighted by Crippen LogP contribution is 2.25. The van der Waals surface area contributed by atoms with E-state index in [0.717, 1.165) is 0 Å². The third-order valence-electron chi connectivity index (χ3n) is 1.82. The molecule has 0 aliphatic rings. The number of benzene rings is 1. The lowest BCUT2D eigenvalue weighted by molar-refractivity contribution is 0.111. The molecule has 0 radical (unpaired) electrons. The van der Waals surface area contributed by atoms with Crippen LogP contribution in [0.4, 0.5) is 0 Å². The zero-order valence-corrected chi connectivity index (χ0v) is 9.34. The predicted octanol–water partition coefficient (Wildman–Crippen LogP) is 2.94. The first-order chi connectivity index (χ1) is 6.98. The van der Waals surface area contributed by atoms with Gasteiger partial charge in [0.05, 0.1) is 5.56 Å². The van der Waals surface area contributed by atoms with Crippen molar-refractivity contribution in [2.24, 2.45) is 0 Å². The molecule has 1 rings (SSSR count). The van der Waals surface area contributed by atoms with Crippen LogP contribution in [0.15, 0.2) is 18.2 Å². The van der Waals surface area contributed by atoms with Crippen LogP contribution in [0.25, 0.3) is 0 Å². The number of rotatable bonds is 3. The average Bonchev–Trinajstić information content (AvgIpc) is 2.18. The second kappa shape index (κ2) is 4.37. The van der Waals surface area contributed by atoms with E-state index in [-0.39, 0.29) is 0 Å². The summed E-state index contributed by atoms with van der Waals surface area (Å²) < 4.78 is 5.50. The molecule has 1 aromatic carbocycles. The molecule has 0 aromatic heterocycles. The second-order valence-electron chi connectivity index (χ2n) is 3.56. The molecule has 0 spiro atoms. The molecule has 3 heteroatoms. The number of hydrogen-bond acceptors (Lipinski definition) is 2. The Morgan fingerprint density at radius 3 is 2.73 bits per heavy atom. The lowest BCUT2D eigenvalue weighted by Crippen LogP contribution is -2.26. The molecule has 0 aliphatic carbocycles. The van der Waals surface area contributed by atoms with Gasteiger partial charge in [-0.2, -0.15) is 0 Å². The average molecular weight is 223 g/mol. The summed E-state index contributed by atoms with van der Waals surface area (Å²) in [6.45, 7) is 3.48. The molecule has 1 aromatic rings. The maximum absolute atomic E-state index is 10.7. The van der Waals surface area contributed by atoms with Gasteiger partial charge in [-0.15, -0.1) is 6.42 Å². The van der Waals surface area contributed by atoms with Crippen LogP contribution in [0.5, 0.6) is 5.75 Å². The monoisotopic (exact) mass is 222 g/mol. The minimum atomic E-state index is -0.761. The molecular weight excluding hydrogens is 212 g/mol. The Labute approximate surface area is 94.2 Å². The number of terminal acetylenes is 1. The van der Waals surface area contributed by atoms with Crippen LogP contribution < -0.4 is 4.74 Å². The van der Waals surface area contributed by atoms with Gasteiger partial charge in [-0.25, -0.2) is 0 Å². The third kappa shape index (κ3) is 3.00. The SMILES string of the molecule is C#CC(C)(C)Oc1cc(Cl)ccc1C=O. The zero-order chi connectivity index (χ0) is 11.5. The smallest absolute Gasteiger partial charge is 0.163 e. The van der Waals surface area contributed by atoms with Crippen LogP contribution in [-0.2, 0) is 0 Å². The summed E-state index contributed by atoms with van der Waals surface area (Å²) in [6.07, 6.45) is 5.99. The quantitative estimate of drug-likeness (QED) is 0.581. The van der Waals surface area contributed by atoms with Gasteiger partial charge in [-0.05, 0) is 32.0 Å². The summed E-state index contributed by atoms with van der Waals surface area (Å²) in [7, 11) is 0. The Morgan fingerprint density at radius 1 is 1.53 bits per heavy atom. The first-order valence-corrected chi connectivity index (χ1v) is 4.78. The minimum absolute atomic E-state index is 0.403. The van der Waals surface area contributed by atoms with E-state index in [1.54, 1.807) is 32.0 Å². The highest BCUT2D eigenvalue weighted by Gasteiger charge is 2.17. The molecule has 0 aliphatic heterocycles. The van der Waals surface area contributed by atoms with E-state index in [4.69, 9.17) is 22.8 Å². The summed E-state index contributed by atoms with van der Waals surface area (Å²) in [5, 5.41) is 0.503. The van der Waals surface area contributed by atoms with Crippen molar-refractivity contribution in [3.63, 3.8) is 0 Å². The molecule has 2 nitrogen and oxygen atoms in total. The van der Waals surface area contributed by atoms with Gasteiger partial charge in [0.15, 0.2) is 11.9 Å². The van der Waals surface area contributed by atoms with Gasteiger partial charge in [0, 0.05) is 5.02 Å². The topological polar surface area (TPSA) is 26.3 Å². The van der Waals surface area contributed by atoms with Crippen LogP contribution in [-0.4, -0.2) is 11.9 Å². The minimum Gasteiger partial charge on any atom is -0.474 e. The molecule has 0 N–H and O–H groups in total. The third-order valence-corrected chi connectivity index (χ3v) is 2.05. The first-order valence-electron chi connectivity index (χ1n) is 4.40. The number of hydrogen-bond donors (Lipinski definition) is 0. The van der Waals surface area contributed by atoms with E-state index >= 15 is 0 Å². The second-order valence-corrected chi connectivity index (χ2v) is 3.99. The Bertz CT molecular complexity index is 416.